The highest BCUT2D eigenvalue weighted by molar-refractivity contribution is 5.98. The Bertz CT molecular complexity index is 3150. The number of nitrogens with zero attached hydrogens (tertiary/aromatic N) is 3. The van der Waals surface area contributed by atoms with Gasteiger partial charge in [0, 0.05) is 79.5 Å². The predicted octanol–water partition coefficient (Wildman–Crippen LogP) is 0.834. The van der Waals surface area contributed by atoms with Crippen molar-refractivity contribution in [2.75, 3.05) is 6.54 Å². The van der Waals surface area contributed by atoms with Crippen LogP contribution in [0, 0.1) is 5.92 Å². The van der Waals surface area contributed by atoms with Crippen molar-refractivity contribution >= 4 is 64.1 Å². The molecule has 24 heteroatoms. The van der Waals surface area contributed by atoms with Gasteiger partial charge in [-0.2, -0.15) is 0 Å². The Hall–Kier alpha value is -9.19. The number of aryl methyl sites for hydroxylation is 1. The first-order chi connectivity index (χ1) is 39.8. The fraction of sp³-hybridized carbons (Fsp3) is 0.407. The van der Waals surface area contributed by atoms with E-state index >= 15 is 0 Å². The van der Waals surface area contributed by atoms with Gasteiger partial charge < -0.3 is 67.9 Å². The number of benzene rings is 3. The molecule has 3 aromatic carbocycles. The maximum atomic E-state index is 14.4. The SMILES string of the molecule is CC(C)[C@H](NC(=O)[C@H](C)NC(=O)[C@H](Cc1c[nH]c2ccccc12)NC(=O)[C@H](Cc1cnc[nH]1)NC(=O)CCc1ccccc1)C(=O)N[C@@H](C)C(=O)N[C@@H](Cc1cnc[nH]1)C(=O)N1CCC[C@@H]1C(O)CC(=O)N[C@@H](Cc1ccccc1)C(N)=O. The van der Waals surface area contributed by atoms with E-state index in [0.29, 0.717) is 36.2 Å². The summed E-state index contributed by atoms with van der Waals surface area (Å²) in [5.74, 6) is -6.53. The maximum absolute atomic E-state index is 14.4. The molecule has 0 saturated carbocycles. The lowest BCUT2D eigenvalue weighted by Crippen LogP contribution is -2.60. The second kappa shape index (κ2) is 29.5. The van der Waals surface area contributed by atoms with Crippen molar-refractivity contribution in [1.29, 1.82) is 0 Å². The number of likely N-dealkylation sites (tertiary alicyclic amines) is 1. The van der Waals surface area contributed by atoms with Crippen LogP contribution < -0.4 is 43.0 Å². The number of fused-ring (bicyclic) bond motifs is 1. The smallest absolute Gasteiger partial charge is 0.245 e. The van der Waals surface area contributed by atoms with Crippen LogP contribution in [0.5, 0.6) is 0 Å². The van der Waals surface area contributed by atoms with Crippen LogP contribution in [-0.2, 0) is 75.3 Å². The third-order valence-electron chi connectivity index (χ3n) is 14.6. The number of rotatable bonds is 29. The van der Waals surface area contributed by atoms with Crippen LogP contribution in [0.25, 0.3) is 10.9 Å². The summed E-state index contributed by atoms with van der Waals surface area (Å²) in [7, 11) is 0. The highest BCUT2D eigenvalue weighted by atomic mass is 16.3. The minimum absolute atomic E-state index is 0.0186. The lowest BCUT2D eigenvalue weighted by molar-refractivity contribution is -0.140. The van der Waals surface area contributed by atoms with Crippen LogP contribution in [0.4, 0.5) is 0 Å². The quantitative estimate of drug-likeness (QED) is 0.0311. The largest absolute Gasteiger partial charge is 0.390 e. The number of primary amides is 1. The number of nitrogens with one attached hydrogen (secondary N) is 10. The Balaban J connectivity index is 0.976. The van der Waals surface area contributed by atoms with Crippen molar-refractivity contribution in [1.82, 2.24) is 67.0 Å². The molecule has 13 N–H and O–H groups in total. The summed E-state index contributed by atoms with van der Waals surface area (Å²) >= 11 is 0. The van der Waals surface area contributed by atoms with Crippen LogP contribution in [-0.4, -0.2) is 149 Å². The summed E-state index contributed by atoms with van der Waals surface area (Å²) in [5.41, 5.74) is 9.85. The minimum Gasteiger partial charge on any atom is -0.390 e. The van der Waals surface area contributed by atoms with Crippen LogP contribution in [0.3, 0.4) is 0 Å². The second-order valence-corrected chi connectivity index (χ2v) is 21.3. The first-order valence-electron chi connectivity index (χ1n) is 27.8. The Morgan fingerprint density at radius 3 is 1.78 bits per heavy atom. The highest BCUT2D eigenvalue weighted by Gasteiger charge is 2.40. The van der Waals surface area contributed by atoms with E-state index in [9.17, 15) is 48.3 Å². The van der Waals surface area contributed by atoms with Gasteiger partial charge in [0.25, 0.3) is 0 Å². The van der Waals surface area contributed by atoms with E-state index in [1.165, 1.54) is 43.8 Å². The number of hydrogen-bond acceptors (Lipinski definition) is 12. The van der Waals surface area contributed by atoms with Crippen molar-refractivity contribution in [2.45, 2.75) is 140 Å². The van der Waals surface area contributed by atoms with Gasteiger partial charge in [-0.3, -0.25) is 43.2 Å². The van der Waals surface area contributed by atoms with E-state index < -0.39 is 114 Å². The molecule has 0 bridgehead atoms. The molecule has 7 rings (SSSR count). The second-order valence-electron chi connectivity index (χ2n) is 21.3. The predicted molar refractivity (Wildman–Crippen MR) is 306 cm³/mol. The summed E-state index contributed by atoms with van der Waals surface area (Å²) in [4.78, 5) is 142. The summed E-state index contributed by atoms with van der Waals surface area (Å²) in [5, 5.41) is 31.2. The zero-order chi connectivity index (χ0) is 59.6. The van der Waals surface area contributed by atoms with E-state index in [1.807, 2.05) is 60.7 Å². The number of nitrogens with two attached hydrogens (primary N) is 1. The first kappa shape index (κ1) is 61.4. The summed E-state index contributed by atoms with van der Waals surface area (Å²) in [6.45, 7) is 6.38. The number of aliphatic hydroxyl groups excluding tert-OH is 1. The lowest BCUT2D eigenvalue weighted by atomic mass is 10.0. The Morgan fingerprint density at radius 2 is 1.16 bits per heavy atom. The van der Waals surface area contributed by atoms with Gasteiger partial charge in [0.15, 0.2) is 0 Å². The van der Waals surface area contributed by atoms with Gasteiger partial charge in [-0.05, 0) is 61.8 Å². The fourth-order valence-electron chi connectivity index (χ4n) is 9.99. The number of amides is 9. The van der Waals surface area contributed by atoms with Crippen molar-refractivity contribution in [3.63, 3.8) is 0 Å². The number of aromatic amines is 3. The molecule has 1 aliphatic heterocycles. The third-order valence-corrected chi connectivity index (χ3v) is 14.6. The lowest BCUT2D eigenvalue weighted by Gasteiger charge is -2.32. The van der Waals surface area contributed by atoms with Gasteiger partial charge in [0.1, 0.15) is 42.3 Å². The normalized spacial score (nSPS) is 16.0. The average Bonchev–Trinajstić information content (AvgIpc) is 4.55. The van der Waals surface area contributed by atoms with Gasteiger partial charge in [-0.15, -0.1) is 0 Å². The molecule has 440 valence electrons. The van der Waals surface area contributed by atoms with Crippen molar-refractivity contribution in [2.24, 2.45) is 11.7 Å². The monoisotopic (exact) mass is 1140 g/mol. The number of carbonyl (C=O) groups excluding carboxylic acids is 9. The van der Waals surface area contributed by atoms with E-state index in [0.717, 1.165) is 22.0 Å². The molecule has 24 nitrogen and oxygen atoms in total. The summed E-state index contributed by atoms with van der Waals surface area (Å²) in [6.07, 6.45) is 7.27. The van der Waals surface area contributed by atoms with E-state index in [4.69, 9.17) is 5.73 Å². The van der Waals surface area contributed by atoms with Gasteiger partial charge in [0.05, 0.1) is 31.2 Å². The van der Waals surface area contributed by atoms with Gasteiger partial charge in [-0.1, -0.05) is 92.7 Å². The molecule has 0 spiro atoms. The highest BCUT2D eigenvalue weighted by Crippen LogP contribution is 2.24. The third kappa shape index (κ3) is 17.7. The van der Waals surface area contributed by atoms with Gasteiger partial charge in [0.2, 0.25) is 53.2 Å². The molecule has 9 atom stereocenters. The Kier molecular flexibility index (Phi) is 21.8. The van der Waals surface area contributed by atoms with Crippen molar-refractivity contribution < 1.29 is 48.3 Å². The van der Waals surface area contributed by atoms with E-state index in [-0.39, 0.29) is 44.6 Å². The zero-order valence-corrected chi connectivity index (χ0v) is 46.9. The van der Waals surface area contributed by atoms with Crippen LogP contribution in [0.1, 0.15) is 81.5 Å². The molecule has 4 heterocycles. The summed E-state index contributed by atoms with van der Waals surface area (Å²) in [6, 6.07) is 16.6. The Morgan fingerprint density at radius 1 is 0.602 bits per heavy atom. The molecular formula is C59H74N14O10. The molecule has 0 radical (unpaired) electrons. The van der Waals surface area contributed by atoms with Crippen LogP contribution in [0.15, 0.2) is 116 Å². The molecule has 1 unspecified atom stereocenters. The molecule has 9 amide bonds. The zero-order valence-electron chi connectivity index (χ0n) is 46.9. The topological polar surface area (TPSA) is 360 Å². The summed E-state index contributed by atoms with van der Waals surface area (Å²) < 4.78 is 0. The first-order valence-corrected chi connectivity index (χ1v) is 27.8. The number of hydrogen-bond donors (Lipinski definition) is 12. The molecule has 1 saturated heterocycles. The molecule has 83 heavy (non-hydrogen) atoms. The molecule has 1 aliphatic rings. The fourth-order valence-corrected chi connectivity index (χ4v) is 9.99. The van der Waals surface area contributed by atoms with Crippen molar-refractivity contribution in [3.8, 4) is 0 Å². The van der Waals surface area contributed by atoms with E-state index in [1.54, 1.807) is 44.3 Å². The minimum atomic E-state index is -1.34. The van der Waals surface area contributed by atoms with Crippen molar-refractivity contribution in [3.05, 3.63) is 144 Å². The average molecular weight is 1140 g/mol. The number of imidazole rings is 2. The maximum Gasteiger partial charge on any atom is 0.245 e. The van der Waals surface area contributed by atoms with Crippen LogP contribution in [0.2, 0.25) is 0 Å². The molecule has 1 fully saturated rings. The molecular weight excluding hydrogens is 1060 g/mol. The number of aliphatic hydroxyl groups is 1. The molecule has 3 aromatic heterocycles. The van der Waals surface area contributed by atoms with Gasteiger partial charge in [-0.25, -0.2) is 9.97 Å². The number of para-hydroxylation sites is 1. The molecule has 0 aliphatic carbocycles. The van der Waals surface area contributed by atoms with Gasteiger partial charge >= 0.3 is 0 Å². The number of aromatic nitrogens is 5. The van der Waals surface area contributed by atoms with Crippen LogP contribution >= 0.6 is 0 Å². The number of carbonyl (C=O) groups is 9. The molecule has 6 aromatic rings. The Labute approximate surface area is 480 Å². The van der Waals surface area contributed by atoms with E-state index in [2.05, 4.69) is 62.1 Å². The standard InChI is InChI=1S/C59H74N14O10/c1-34(2)52(58(82)67-35(3)54(78)71-47(27-41-31-62-33-65-41)59(83)73-23-13-20-48(73)49(74)28-51(76)68-44(53(60)77)24-38-16-9-6-10-17-38)72-55(79)36(4)66-56(80)45(25-39-29-63-43-19-12-11-18-42(39)43)70-57(81)46(26-40-30-61-32-64-40)69-50(75)22-21-37-14-7-5-8-15-37/h5-12,14-19,29-36,44-49,52,63,74H,13,20-28H2,1-4H3,(H2,60,77)(H,61,64)(H,62,65)(H,66,80)(H,67,82)(H,68,76)(H,69,75)(H,70,81)(H,71,78)(H,72,79)/t35-,36-,44-,45-,46-,47-,48+,49?,52-/m0/s1. The number of H-pyrrole nitrogens is 3.